The molecule has 10 heteroatoms. The number of halogens is 1. The molecule has 1 aromatic carbocycles. The summed E-state index contributed by atoms with van der Waals surface area (Å²) in [5.74, 6) is -0.935. The Morgan fingerprint density at radius 3 is 2.93 bits per heavy atom. The second-order valence-corrected chi connectivity index (χ2v) is 7.20. The zero-order chi connectivity index (χ0) is 19.5. The number of carbonyl (C=O) groups is 1. The normalized spacial score (nSPS) is 16.2. The van der Waals surface area contributed by atoms with E-state index in [0.717, 1.165) is 17.5 Å². The van der Waals surface area contributed by atoms with Gasteiger partial charge in [-0.15, -0.1) is 10.2 Å². The number of amides is 1. The van der Waals surface area contributed by atoms with Crippen molar-refractivity contribution in [3.8, 4) is 11.3 Å². The highest BCUT2D eigenvalue weighted by Crippen LogP contribution is 2.31. The summed E-state index contributed by atoms with van der Waals surface area (Å²) in [5.41, 5.74) is 0.0524. The van der Waals surface area contributed by atoms with Crippen molar-refractivity contribution in [3.63, 3.8) is 0 Å². The fourth-order valence-corrected chi connectivity index (χ4v) is 3.70. The molecule has 1 saturated heterocycles. The summed E-state index contributed by atoms with van der Waals surface area (Å²) in [7, 11) is 0. The predicted molar refractivity (Wildman–Crippen MR) is 100 cm³/mol. The molecule has 1 aliphatic rings. The van der Waals surface area contributed by atoms with Gasteiger partial charge in [0.1, 0.15) is 23.5 Å². The summed E-state index contributed by atoms with van der Waals surface area (Å²) in [6.45, 7) is 0.370. The van der Waals surface area contributed by atoms with Crippen LogP contribution in [0.25, 0.3) is 11.3 Å². The number of ether oxygens (including phenoxy) is 1. The third kappa shape index (κ3) is 3.97. The van der Waals surface area contributed by atoms with Crippen LogP contribution in [0.4, 0.5) is 9.52 Å². The van der Waals surface area contributed by atoms with Crippen LogP contribution >= 0.6 is 11.3 Å². The Hall–Kier alpha value is -2.98. The maximum atomic E-state index is 14.0. The molecule has 0 aliphatic carbocycles. The topological polar surface area (TPSA) is 99.0 Å². The van der Waals surface area contributed by atoms with Crippen LogP contribution in [0.15, 0.2) is 41.2 Å². The number of carbonyl (C=O) groups excluding carboxylic acids is 1. The Bertz CT molecular complexity index is 1060. The van der Waals surface area contributed by atoms with Gasteiger partial charge in [-0.3, -0.25) is 14.9 Å². The predicted octanol–water partition coefficient (Wildman–Crippen LogP) is 2.39. The minimum Gasteiger partial charge on any atom is -0.371 e. The van der Waals surface area contributed by atoms with Gasteiger partial charge in [-0.1, -0.05) is 23.5 Å². The highest BCUT2D eigenvalue weighted by atomic mass is 32.1. The van der Waals surface area contributed by atoms with Crippen LogP contribution in [0.5, 0.6) is 0 Å². The molecule has 1 N–H and O–H groups in total. The molecule has 0 unspecified atom stereocenters. The lowest BCUT2D eigenvalue weighted by atomic mass is 10.1. The van der Waals surface area contributed by atoms with Crippen LogP contribution in [0.2, 0.25) is 0 Å². The van der Waals surface area contributed by atoms with Crippen molar-refractivity contribution in [1.29, 1.82) is 0 Å². The first-order valence-electron chi connectivity index (χ1n) is 8.68. The van der Waals surface area contributed by atoms with E-state index in [9.17, 15) is 14.0 Å². The van der Waals surface area contributed by atoms with Gasteiger partial charge in [0.15, 0.2) is 0 Å². The number of hydrogen-bond acceptors (Lipinski definition) is 7. The van der Waals surface area contributed by atoms with Gasteiger partial charge in [-0.05, 0) is 31.0 Å². The summed E-state index contributed by atoms with van der Waals surface area (Å²) in [6.07, 6.45) is 1.77. The van der Waals surface area contributed by atoms with Gasteiger partial charge in [0.2, 0.25) is 11.0 Å². The minimum atomic E-state index is -0.477. The highest BCUT2D eigenvalue weighted by molar-refractivity contribution is 7.15. The van der Waals surface area contributed by atoms with Gasteiger partial charge in [0.05, 0.1) is 5.69 Å². The van der Waals surface area contributed by atoms with E-state index in [0.29, 0.717) is 16.7 Å². The van der Waals surface area contributed by atoms with Crippen molar-refractivity contribution < 1.29 is 13.9 Å². The molecule has 3 aromatic rings. The molecule has 2 aromatic heterocycles. The Morgan fingerprint density at radius 1 is 1.29 bits per heavy atom. The lowest BCUT2D eigenvalue weighted by Gasteiger charge is -2.07. The van der Waals surface area contributed by atoms with Gasteiger partial charge < -0.3 is 4.74 Å². The van der Waals surface area contributed by atoms with Gasteiger partial charge in [0, 0.05) is 18.2 Å². The molecule has 1 amide bonds. The molecule has 0 radical (unpaired) electrons. The van der Waals surface area contributed by atoms with Gasteiger partial charge in [-0.2, -0.15) is 5.10 Å². The van der Waals surface area contributed by atoms with E-state index < -0.39 is 17.3 Å². The number of nitrogens with zero attached hydrogens (tertiary/aromatic N) is 4. The first-order valence-corrected chi connectivity index (χ1v) is 9.50. The molecule has 0 saturated carbocycles. The fraction of sp³-hybridized carbons (Fsp3) is 0.278. The standard InChI is InChI=1S/C18H16FN5O3S/c19-12-5-2-1-4-11(12)13-7-8-16(26)24(23-13)10-15(25)20-18-22-21-17(28-18)14-6-3-9-27-14/h1-2,4-5,7-8,14H,3,6,9-10H2,(H,20,22,25)/t14-/m1/s1. The first-order chi connectivity index (χ1) is 13.6. The van der Waals surface area contributed by atoms with Crippen LogP contribution in [0.3, 0.4) is 0 Å². The van der Waals surface area contributed by atoms with Crippen LogP contribution < -0.4 is 10.9 Å². The van der Waals surface area contributed by atoms with E-state index in [1.165, 1.54) is 29.5 Å². The van der Waals surface area contributed by atoms with Crippen LogP contribution in [-0.2, 0) is 16.1 Å². The van der Waals surface area contributed by atoms with E-state index in [2.05, 4.69) is 20.6 Å². The molecule has 1 fully saturated rings. The molecule has 3 heterocycles. The summed E-state index contributed by atoms with van der Waals surface area (Å²) in [5, 5.41) is 15.7. The van der Waals surface area contributed by atoms with E-state index in [1.54, 1.807) is 18.2 Å². The maximum absolute atomic E-state index is 14.0. The molecular formula is C18H16FN5O3S. The lowest BCUT2D eigenvalue weighted by Crippen LogP contribution is -2.29. The zero-order valence-corrected chi connectivity index (χ0v) is 15.5. The summed E-state index contributed by atoms with van der Waals surface area (Å²) in [4.78, 5) is 24.3. The molecule has 8 nitrogen and oxygen atoms in total. The van der Waals surface area contributed by atoms with Crippen LogP contribution in [0.1, 0.15) is 24.0 Å². The second kappa shape index (κ2) is 7.95. The summed E-state index contributed by atoms with van der Waals surface area (Å²) >= 11 is 1.24. The third-order valence-electron chi connectivity index (χ3n) is 4.20. The average Bonchev–Trinajstić information content (AvgIpc) is 3.36. The molecule has 1 atom stereocenters. The quantitative estimate of drug-likeness (QED) is 0.705. The summed E-state index contributed by atoms with van der Waals surface area (Å²) < 4.78 is 20.5. The largest absolute Gasteiger partial charge is 0.371 e. The molecule has 144 valence electrons. The molecule has 4 rings (SSSR count). The number of nitrogens with one attached hydrogen (secondary N) is 1. The molecule has 0 bridgehead atoms. The molecule has 0 spiro atoms. The fourth-order valence-electron chi connectivity index (χ4n) is 2.86. The monoisotopic (exact) mass is 401 g/mol. The Morgan fingerprint density at radius 2 is 2.14 bits per heavy atom. The number of benzene rings is 1. The van der Waals surface area contributed by atoms with E-state index in [1.807, 2.05) is 0 Å². The molecule has 28 heavy (non-hydrogen) atoms. The van der Waals surface area contributed by atoms with E-state index >= 15 is 0 Å². The number of anilines is 1. The maximum Gasteiger partial charge on any atom is 0.267 e. The first kappa shape index (κ1) is 18.4. The SMILES string of the molecule is O=C(Cn1nc(-c2ccccc2F)ccc1=O)Nc1nnc([C@H]2CCCO2)s1. The number of hydrogen-bond donors (Lipinski definition) is 1. The average molecular weight is 401 g/mol. The smallest absolute Gasteiger partial charge is 0.267 e. The summed E-state index contributed by atoms with van der Waals surface area (Å²) in [6, 6.07) is 8.77. The van der Waals surface area contributed by atoms with Crippen LogP contribution in [-0.4, -0.2) is 32.5 Å². The zero-order valence-electron chi connectivity index (χ0n) is 14.7. The van der Waals surface area contributed by atoms with Crippen LogP contribution in [0, 0.1) is 5.82 Å². The Balaban J connectivity index is 1.48. The van der Waals surface area contributed by atoms with Gasteiger partial charge >= 0.3 is 0 Å². The van der Waals surface area contributed by atoms with Crippen molar-refractivity contribution in [1.82, 2.24) is 20.0 Å². The van der Waals surface area contributed by atoms with Crippen molar-refractivity contribution in [2.75, 3.05) is 11.9 Å². The molecule has 1 aliphatic heterocycles. The Labute approximate surface area is 163 Å². The Kier molecular flexibility index (Phi) is 5.22. The lowest BCUT2D eigenvalue weighted by molar-refractivity contribution is -0.117. The second-order valence-electron chi connectivity index (χ2n) is 6.19. The number of rotatable bonds is 5. The van der Waals surface area contributed by atoms with Crippen molar-refractivity contribution in [3.05, 3.63) is 57.6 Å². The van der Waals surface area contributed by atoms with Crippen molar-refractivity contribution >= 4 is 22.4 Å². The van der Waals surface area contributed by atoms with Gasteiger partial charge in [-0.25, -0.2) is 9.07 Å². The highest BCUT2D eigenvalue weighted by Gasteiger charge is 2.22. The minimum absolute atomic E-state index is 0.0788. The number of aromatic nitrogens is 4. The van der Waals surface area contributed by atoms with Crippen molar-refractivity contribution in [2.45, 2.75) is 25.5 Å². The third-order valence-corrected chi connectivity index (χ3v) is 5.13. The van der Waals surface area contributed by atoms with E-state index in [4.69, 9.17) is 4.74 Å². The van der Waals surface area contributed by atoms with E-state index in [-0.39, 0.29) is 23.9 Å². The molecular weight excluding hydrogens is 385 g/mol. The van der Waals surface area contributed by atoms with Crippen molar-refractivity contribution in [2.24, 2.45) is 0 Å². The van der Waals surface area contributed by atoms with Gasteiger partial charge in [0.25, 0.3) is 5.56 Å².